The number of hydrogen-bond acceptors (Lipinski definition) is 3. The molecule has 0 N–H and O–H groups in total. The summed E-state index contributed by atoms with van der Waals surface area (Å²) in [5.41, 5.74) is 4.28. The molecule has 1 saturated heterocycles. The van der Waals surface area contributed by atoms with E-state index in [-0.39, 0.29) is 0 Å². The SMILES string of the molecule is Cc1cncc(C2=CC(C)CN(CC3(C)COC3)C2)c1. The fraction of sp³-hybridized carbons (Fsp3) is 0.588. The summed E-state index contributed by atoms with van der Waals surface area (Å²) in [6.07, 6.45) is 6.32. The van der Waals surface area contributed by atoms with Crippen molar-refractivity contribution in [2.75, 3.05) is 32.8 Å². The summed E-state index contributed by atoms with van der Waals surface area (Å²) in [5, 5.41) is 0. The largest absolute Gasteiger partial charge is 0.380 e. The first-order valence-electron chi connectivity index (χ1n) is 7.47. The number of aryl methyl sites for hydroxylation is 1. The normalized spacial score (nSPS) is 25.9. The zero-order chi connectivity index (χ0) is 14.2. The van der Waals surface area contributed by atoms with Crippen LogP contribution in [0.3, 0.4) is 0 Å². The molecule has 3 heterocycles. The third-order valence-corrected chi connectivity index (χ3v) is 4.18. The van der Waals surface area contributed by atoms with Crippen LogP contribution in [0.5, 0.6) is 0 Å². The Bertz CT molecular complexity index is 519. The number of pyridine rings is 1. The molecule has 1 atom stereocenters. The maximum Gasteiger partial charge on any atom is 0.0554 e. The van der Waals surface area contributed by atoms with Gasteiger partial charge in [0.15, 0.2) is 0 Å². The molecular formula is C17H24N2O. The Morgan fingerprint density at radius 1 is 1.40 bits per heavy atom. The molecule has 1 aromatic heterocycles. The van der Waals surface area contributed by atoms with Crippen molar-refractivity contribution in [1.82, 2.24) is 9.88 Å². The van der Waals surface area contributed by atoms with Crippen LogP contribution in [0, 0.1) is 18.3 Å². The summed E-state index contributed by atoms with van der Waals surface area (Å²) in [6.45, 7) is 11.9. The van der Waals surface area contributed by atoms with E-state index in [0.717, 1.165) is 32.8 Å². The van der Waals surface area contributed by atoms with Crippen LogP contribution in [0.4, 0.5) is 0 Å². The summed E-state index contributed by atoms with van der Waals surface area (Å²) < 4.78 is 5.38. The van der Waals surface area contributed by atoms with Crippen LogP contribution in [0.15, 0.2) is 24.5 Å². The number of ether oxygens (including phenoxy) is 1. The molecule has 0 bridgehead atoms. The van der Waals surface area contributed by atoms with Crippen LogP contribution >= 0.6 is 0 Å². The van der Waals surface area contributed by atoms with E-state index in [1.54, 1.807) is 0 Å². The van der Waals surface area contributed by atoms with Crippen LogP contribution in [0.1, 0.15) is 25.0 Å². The van der Waals surface area contributed by atoms with E-state index in [4.69, 9.17) is 4.74 Å². The molecule has 2 aliphatic heterocycles. The molecule has 20 heavy (non-hydrogen) atoms. The van der Waals surface area contributed by atoms with Gasteiger partial charge in [-0.25, -0.2) is 0 Å². The van der Waals surface area contributed by atoms with Crippen molar-refractivity contribution < 1.29 is 4.74 Å². The van der Waals surface area contributed by atoms with Crippen LogP contribution < -0.4 is 0 Å². The number of nitrogens with zero attached hydrogens (tertiary/aromatic N) is 2. The monoisotopic (exact) mass is 272 g/mol. The molecule has 0 spiro atoms. The van der Waals surface area contributed by atoms with Crippen molar-refractivity contribution in [3.63, 3.8) is 0 Å². The van der Waals surface area contributed by atoms with Crippen molar-refractivity contribution in [2.45, 2.75) is 20.8 Å². The molecule has 1 aromatic rings. The maximum atomic E-state index is 5.38. The zero-order valence-electron chi connectivity index (χ0n) is 12.7. The topological polar surface area (TPSA) is 25.4 Å². The van der Waals surface area contributed by atoms with Gasteiger partial charge in [-0.15, -0.1) is 0 Å². The van der Waals surface area contributed by atoms with E-state index >= 15 is 0 Å². The van der Waals surface area contributed by atoms with Gasteiger partial charge in [0.1, 0.15) is 0 Å². The first-order chi connectivity index (χ1) is 9.54. The Morgan fingerprint density at radius 2 is 2.20 bits per heavy atom. The highest BCUT2D eigenvalue weighted by atomic mass is 16.5. The van der Waals surface area contributed by atoms with Crippen LogP contribution in [0.2, 0.25) is 0 Å². The van der Waals surface area contributed by atoms with E-state index in [1.807, 2.05) is 12.4 Å². The number of hydrogen-bond donors (Lipinski definition) is 0. The molecule has 0 saturated carbocycles. The summed E-state index contributed by atoms with van der Waals surface area (Å²) in [7, 11) is 0. The molecule has 0 aromatic carbocycles. The van der Waals surface area contributed by atoms with Gasteiger partial charge in [0.05, 0.1) is 13.2 Å². The van der Waals surface area contributed by atoms with E-state index in [9.17, 15) is 0 Å². The van der Waals surface area contributed by atoms with Crippen molar-refractivity contribution in [3.8, 4) is 0 Å². The van der Waals surface area contributed by atoms with Crippen LogP contribution in [-0.2, 0) is 4.74 Å². The minimum Gasteiger partial charge on any atom is -0.380 e. The van der Waals surface area contributed by atoms with Gasteiger partial charge in [-0.1, -0.05) is 19.9 Å². The lowest BCUT2D eigenvalue weighted by molar-refractivity contribution is -0.114. The molecule has 1 fully saturated rings. The van der Waals surface area contributed by atoms with E-state index < -0.39 is 0 Å². The lowest BCUT2D eigenvalue weighted by Gasteiger charge is -2.43. The Kier molecular flexibility index (Phi) is 3.65. The summed E-state index contributed by atoms with van der Waals surface area (Å²) in [5.74, 6) is 0.601. The maximum absolute atomic E-state index is 5.38. The molecule has 2 aliphatic rings. The van der Waals surface area contributed by atoms with Crippen molar-refractivity contribution >= 4 is 5.57 Å². The molecule has 0 aliphatic carbocycles. The molecule has 108 valence electrons. The van der Waals surface area contributed by atoms with Gasteiger partial charge in [0.2, 0.25) is 0 Å². The predicted molar refractivity (Wildman–Crippen MR) is 81.5 cm³/mol. The lowest BCUT2D eigenvalue weighted by atomic mass is 9.86. The highest BCUT2D eigenvalue weighted by molar-refractivity contribution is 5.67. The summed E-state index contributed by atoms with van der Waals surface area (Å²) in [6, 6.07) is 2.24. The Morgan fingerprint density at radius 3 is 2.85 bits per heavy atom. The Balaban J connectivity index is 1.75. The van der Waals surface area contributed by atoms with Crippen LogP contribution in [-0.4, -0.2) is 42.7 Å². The van der Waals surface area contributed by atoms with E-state index in [1.165, 1.54) is 16.7 Å². The quantitative estimate of drug-likeness (QED) is 0.846. The third-order valence-electron chi connectivity index (χ3n) is 4.18. The fourth-order valence-corrected chi connectivity index (χ4v) is 3.28. The van der Waals surface area contributed by atoms with Crippen LogP contribution in [0.25, 0.3) is 5.57 Å². The molecule has 3 nitrogen and oxygen atoms in total. The smallest absolute Gasteiger partial charge is 0.0554 e. The second-order valence-electron chi connectivity index (χ2n) is 6.89. The Hall–Kier alpha value is -1.19. The molecule has 3 heteroatoms. The van der Waals surface area contributed by atoms with Gasteiger partial charge in [0.25, 0.3) is 0 Å². The third kappa shape index (κ3) is 2.94. The van der Waals surface area contributed by atoms with Gasteiger partial charge in [-0.2, -0.15) is 0 Å². The standard InChI is InChI=1S/C17H24N2O/c1-13-4-15(7-18-6-13)16-5-14(2)8-19(9-16)10-17(3)11-20-12-17/h4-7,14H,8-12H2,1-3H3. The molecule has 1 unspecified atom stereocenters. The average Bonchev–Trinajstić information content (AvgIpc) is 2.36. The van der Waals surface area contributed by atoms with Crippen molar-refractivity contribution in [1.29, 1.82) is 0 Å². The van der Waals surface area contributed by atoms with Gasteiger partial charge in [-0.05, 0) is 35.6 Å². The van der Waals surface area contributed by atoms with Gasteiger partial charge < -0.3 is 4.74 Å². The molecule has 0 amide bonds. The zero-order valence-corrected chi connectivity index (χ0v) is 12.7. The lowest BCUT2D eigenvalue weighted by Crippen LogP contribution is -2.50. The van der Waals surface area contributed by atoms with E-state index in [0.29, 0.717) is 11.3 Å². The predicted octanol–water partition coefficient (Wildman–Crippen LogP) is 2.76. The second-order valence-corrected chi connectivity index (χ2v) is 6.89. The fourth-order valence-electron chi connectivity index (χ4n) is 3.28. The van der Waals surface area contributed by atoms with E-state index in [2.05, 4.69) is 42.8 Å². The second kappa shape index (κ2) is 5.30. The summed E-state index contributed by atoms with van der Waals surface area (Å²) >= 11 is 0. The minimum absolute atomic E-state index is 0.354. The highest BCUT2D eigenvalue weighted by Gasteiger charge is 2.36. The van der Waals surface area contributed by atoms with Gasteiger partial charge in [0, 0.05) is 37.4 Å². The molecule has 3 rings (SSSR count). The van der Waals surface area contributed by atoms with Gasteiger partial charge in [-0.3, -0.25) is 9.88 Å². The molecular weight excluding hydrogens is 248 g/mol. The Labute approximate surface area is 121 Å². The molecule has 0 radical (unpaired) electrons. The highest BCUT2D eigenvalue weighted by Crippen LogP contribution is 2.31. The minimum atomic E-state index is 0.354. The van der Waals surface area contributed by atoms with Crippen molar-refractivity contribution in [3.05, 3.63) is 35.7 Å². The first-order valence-corrected chi connectivity index (χ1v) is 7.47. The summed E-state index contributed by atoms with van der Waals surface area (Å²) in [4.78, 5) is 6.91. The number of rotatable bonds is 3. The average molecular weight is 272 g/mol. The van der Waals surface area contributed by atoms with Gasteiger partial charge >= 0.3 is 0 Å². The van der Waals surface area contributed by atoms with Crippen molar-refractivity contribution in [2.24, 2.45) is 11.3 Å². The number of aromatic nitrogens is 1. The first kappa shape index (κ1) is 13.8.